The molecule has 0 fully saturated rings. The predicted molar refractivity (Wildman–Crippen MR) is 60.8 cm³/mol. The summed E-state index contributed by atoms with van der Waals surface area (Å²) >= 11 is 0. The smallest absolute Gasteiger partial charge is 0.371 e. The highest BCUT2D eigenvalue weighted by atomic mass is 16.4. The Balaban J connectivity index is 2.44. The van der Waals surface area contributed by atoms with Gasteiger partial charge in [-0.15, -0.1) is 0 Å². The molecule has 1 rings (SSSR count). The highest BCUT2D eigenvalue weighted by Gasteiger charge is 2.11. The van der Waals surface area contributed by atoms with Crippen LogP contribution in [0.5, 0.6) is 0 Å². The highest BCUT2D eigenvalue weighted by Crippen LogP contribution is 2.07. The third kappa shape index (κ3) is 3.82. The molecule has 94 valence electrons. The maximum Gasteiger partial charge on any atom is 0.371 e. The minimum atomic E-state index is -1.12. The van der Waals surface area contributed by atoms with Crippen LogP contribution in [0.25, 0.3) is 0 Å². The Morgan fingerprint density at radius 2 is 2.18 bits per heavy atom. The van der Waals surface area contributed by atoms with Gasteiger partial charge in [-0.1, -0.05) is 6.92 Å². The standard InChI is InChI=1S/C11H16N2O4/c1-3-6-13(2)11(16)12-7-8-4-5-9(17-8)10(14)15/h4-5H,3,6-7H2,1-2H3,(H,12,16)(H,14,15). The van der Waals surface area contributed by atoms with Crippen LogP contribution in [-0.2, 0) is 6.54 Å². The molecule has 0 bridgehead atoms. The topological polar surface area (TPSA) is 82.8 Å². The van der Waals surface area contributed by atoms with Gasteiger partial charge in [-0.2, -0.15) is 0 Å². The fraction of sp³-hybridized carbons (Fsp3) is 0.455. The molecule has 2 amide bonds. The molecule has 0 saturated heterocycles. The number of urea groups is 1. The number of nitrogens with zero attached hydrogens (tertiary/aromatic N) is 1. The van der Waals surface area contributed by atoms with Gasteiger partial charge in [-0.3, -0.25) is 0 Å². The molecule has 0 radical (unpaired) electrons. The average Bonchev–Trinajstić information content (AvgIpc) is 2.75. The number of carboxylic acids is 1. The first-order valence-corrected chi connectivity index (χ1v) is 5.35. The SMILES string of the molecule is CCCN(C)C(=O)NCc1ccc(C(=O)O)o1. The number of carboxylic acid groups (broad SMARTS) is 1. The van der Waals surface area contributed by atoms with Gasteiger partial charge in [0.15, 0.2) is 0 Å². The van der Waals surface area contributed by atoms with Crippen LogP contribution in [-0.4, -0.2) is 35.6 Å². The molecule has 1 heterocycles. The molecule has 0 aromatic carbocycles. The average molecular weight is 240 g/mol. The van der Waals surface area contributed by atoms with E-state index in [9.17, 15) is 9.59 Å². The fourth-order valence-corrected chi connectivity index (χ4v) is 1.32. The number of amides is 2. The lowest BCUT2D eigenvalue weighted by Crippen LogP contribution is -2.37. The summed E-state index contributed by atoms with van der Waals surface area (Å²) in [6, 6.07) is 2.68. The van der Waals surface area contributed by atoms with Gasteiger partial charge in [0.25, 0.3) is 0 Å². The monoisotopic (exact) mass is 240 g/mol. The van der Waals surface area contributed by atoms with Crippen molar-refractivity contribution in [2.45, 2.75) is 19.9 Å². The molecule has 0 aliphatic heterocycles. The van der Waals surface area contributed by atoms with E-state index in [2.05, 4.69) is 5.32 Å². The van der Waals surface area contributed by atoms with Gasteiger partial charge >= 0.3 is 12.0 Å². The van der Waals surface area contributed by atoms with E-state index in [4.69, 9.17) is 9.52 Å². The molecule has 2 N–H and O–H groups in total. The Morgan fingerprint density at radius 3 is 2.71 bits per heavy atom. The van der Waals surface area contributed by atoms with E-state index in [1.54, 1.807) is 11.9 Å². The zero-order chi connectivity index (χ0) is 12.8. The van der Waals surface area contributed by atoms with Crippen LogP contribution in [0.3, 0.4) is 0 Å². The summed E-state index contributed by atoms with van der Waals surface area (Å²) in [6.07, 6.45) is 0.883. The van der Waals surface area contributed by atoms with Crippen LogP contribution in [0, 0.1) is 0 Å². The Labute approximate surface area is 99.2 Å². The number of carbonyl (C=O) groups excluding carboxylic acids is 1. The van der Waals surface area contributed by atoms with Gasteiger partial charge in [-0.25, -0.2) is 9.59 Å². The van der Waals surface area contributed by atoms with Crippen molar-refractivity contribution in [3.8, 4) is 0 Å². The fourth-order valence-electron chi connectivity index (χ4n) is 1.32. The number of nitrogens with one attached hydrogen (secondary N) is 1. The molecule has 0 aliphatic rings. The van der Waals surface area contributed by atoms with E-state index in [0.717, 1.165) is 6.42 Å². The number of rotatable bonds is 5. The Bertz CT molecular complexity index is 400. The molecule has 6 nitrogen and oxygen atoms in total. The van der Waals surface area contributed by atoms with Crippen LogP contribution >= 0.6 is 0 Å². The first-order chi connectivity index (χ1) is 8.04. The van der Waals surface area contributed by atoms with Crippen molar-refractivity contribution >= 4 is 12.0 Å². The maximum atomic E-state index is 11.5. The van der Waals surface area contributed by atoms with Crippen molar-refractivity contribution < 1.29 is 19.1 Å². The third-order valence-electron chi connectivity index (χ3n) is 2.19. The summed E-state index contributed by atoms with van der Waals surface area (Å²) < 4.78 is 5.00. The molecule has 1 aromatic rings. The van der Waals surface area contributed by atoms with E-state index in [-0.39, 0.29) is 18.3 Å². The van der Waals surface area contributed by atoms with Crippen molar-refractivity contribution in [1.29, 1.82) is 0 Å². The van der Waals surface area contributed by atoms with Gasteiger partial charge in [0.2, 0.25) is 5.76 Å². The van der Waals surface area contributed by atoms with Crippen molar-refractivity contribution in [1.82, 2.24) is 10.2 Å². The summed E-state index contributed by atoms with van der Waals surface area (Å²) in [4.78, 5) is 23.6. The second-order valence-electron chi connectivity index (χ2n) is 3.65. The molecular formula is C11H16N2O4. The van der Waals surface area contributed by atoms with E-state index in [0.29, 0.717) is 12.3 Å². The van der Waals surface area contributed by atoms with Gasteiger partial charge < -0.3 is 19.7 Å². The minimum absolute atomic E-state index is 0.129. The van der Waals surface area contributed by atoms with Crippen molar-refractivity contribution in [3.05, 3.63) is 23.7 Å². The first-order valence-electron chi connectivity index (χ1n) is 5.35. The lowest BCUT2D eigenvalue weighted by molar-refractivity contribution is 0.0660. The van der Waals surface area contributed by atoms with E-state index in [1.165, 1.54) is 12.1 Å². The van der Waals surface area contributed by atoms with Crippen LogP contribution in [0.15, 0.2) is 16.5 Å². The molecule has 0 unspecified atom stereocenters. The second-order valence-corrected chi connectivity index (χ2v) is 3.65. The number of carbonyl (C=O) groups is 2. The zero-order valence-electron chi connectivity index (χ0n) is 9.90. The number of hydrogen-bond donors (Lipinski definition) is 2. The van der Waals surface area contributed by atoms with E-state index >= 15 is 0 Å². The minimum Gasteiger partial charge on any atom is -0.475 e. The van der Waals surface area contributed by atoms with Gasteiger partial charge in [0, 0.05) is 13.6 Å². The quantitative estimate of drug-likeness (QED) is 0.817. The number of aromatic carboxylic acids is 1. The van der Waals surface area contributed by atoms with Crippen molar-refractivity contribution in [2.75, 3.05) is 13.6 Å². The van der Waals surface area contributed by atoms with Crippen LogP contribution in [0.2, 0.25) is 0 Å². The molecule has 0 aliphatic carbocycles. The maximum absolute atomic E-state index is 11.5. The molecule has 17 heavy (non-hydrogen) atoms. The van der Waals surface area contributed by atoms with Crippen LogP contribution in [0.4, 0.5) is 4.79 Å². The van der Waals surface area contributed by atoms with Crippen molar-refractivity contribution in [2.24, 2.45) is 0 Å². The lowest BCUT2D eigenvalue weighted by Gasteiger charge is -2.16. The van der Waals surface area contributed by atoms with E-state index in [1.807, 2.05) is 6.92 Å². The van der Waals surface area contributed by atoms with Gasteiger partial charge in [0.05, 0.1) is 6.54 Å². The Hall–Kier alpha value is -1.98. The summed E-state index contributed by atoms with van der Waals surface area (Å²) in [6.45, 7) is 2.83. The molecular weight excluding hydrogens is 224 g/mol. The van der Waals surface area contributed by atoms with Gasteiger partial charge in [-0.05, 0) is 18.6 Å². The van der Waals surface area contributed by atoms with Crippen LogP contribution in [0.1, 0.15) is 29.7 Å². The largest absolute Gasteiger partial charge is 0.475 e. The number of hydrogen-bond acceptors (Lipinski definition) is 3. The normalized spacial score (nSPS) is 10.0. The molecule has 6 heteroatoms. The van der Waals surface area contributed by atoms with Gasteiger partial charge in [0.1, 0.15) is 5.76 Å². The Kier molecular flexibility index (Phi) is 4.56. The molecule has 1 aromatic heterocycles. The highest BCUT2D eigenvalue weighted by molar-refractivity contribution is 5.84. The van der Waals surface area contributed by atoms with Crippen molar-refractivity contribution in [3.63, 3.8) is 0 Å². The zero-order valence-corrected chi connectivity index (χ0v) is 9.90. The summed E-state index contributed by atoms with van der Waals surface area (Å²) in [7, 11) is 1.70. The first kappa shape index (κ1) is 13.1. The summed E-state index contributed by atoms with van der Waals surface area (Å²) in [5.41, 5.74) is 0. The van der Waals surface area contributed by atoms with E-state index < -0.39 is 5.97 Å². The lowest BCUT2D eigenvalue weighted by atomic mass is 10.4. The predicted octanol–water partition coefficient (Wildman–Crippen LogP) is 1.53. The second kappa shape index (κ2) is 5.93. The summed E-state index contributed by atoms with van der Waals surface area (Å²) in [5, 5.41) is 11.3. The Morgan fingerprint density at radius 1 is 1.47 bits per heavy atom. The number of furan rings is 1. The molecule has 0 atom stereocenters. The summed E-state index contributed by atoms with van der Waals surface area (Å²) in [5.74, 6) is -0.831. The third-order valence-corrected chi connectivity index (χ3v) is 2.19. The molecule has 0 saturated carbocycles. The molecule has 0 spiro atoms. The van der Waals surface area contributed by atoms with Crippen LogP contribution < -0.4 is 5.32 Å².